The van der Waals surface area contributed by atoms with Crippen LogP contribution in [0.4, 0.5) is 0 Å². The van der Waals surface area contributed by atoms with Gasteiger partial charge in [0, 0.05) is 6.42 Å². The van der Waals surface area contributed by atoms with E-state index in [1.54, 1.807) is 0 Å². The fraction of sp³-hybridized carbons (Fsp3) is 0.533. The first-order valence-electron chi connectivity index (χ1n) is 7.07. The number of para-hydroxylation sites is 2. The smallest absolute Gasteiger partial charge is 0.135 e. The zero-order valence-electron chi connectivity index (χ0n) is 11.4. The van der Waals surface area contributed by atoms with Gasteiger partial charge in [0.2, 0.25) is 0 Å². The van der Waals surface area contributed by atoms with Crippen molar-refractivity contribution in [3.63, 3.8) is 0 Å². The molecule has 1 atom stereocenters. The predicted octanol–water partition coefficient (Wildman–Crippen LogP) is 1.19. The van der Waals surface area contributed by atoms with Crippen molar-refractivity contribution in [2.24, 2.45) is 0 Å². The van der Waals surface area contributed by atoms with Crippen LogP contribution in [0.25, 0.3) is 11.0 Å². The molecule has 0 bridgehead atoms. The van der Waals surface area contributed by atoms with E-state index < -0.39 is 11.7 Å². The van der Waals surface area contributed by atoms with E-state index in [9.17, 15) is 15.3 Å². The largest absolute Gasteiger partial charge is 0.391 e. The average molecular weight is 276 g/mol. The maximum atomic E-state index is 10.2. The molecule has 1 heterocycles. The molecule has 1 aromatic heterocycles. The Hall–Kier alpha value is -1.43. The van der Waals surface area contributed by atoms with Gasteiger partial charge in [-0.15, -0.1) is 0 Å². The van der Waals surface area contributed by atoms with Crippen LogP contribution < -0.4 is 0 Å². The summed E-state index contributed by atoms with van der Waals surface area (Å²) in [6.07, 6.45) is 2.30. The lowest BCUT2D eigenvalue weighted by Gasteiger charge is -2.38. The van der Waals surface area contributed by atoms with E-state index in [2.05, 4.69) is 4.98 Å². The van der Waals surface area contributed by atoms with Gasteiger partial charge in [-0.05, 0) is 31.4 Å². The van der Waals surface area contributed by atoms with Crippen molar-refractivity contribution >= 4 is 11.0 Å². The fourth-order valence-electron chi connectivity index (χ4n) is 2.95. The topological polar surface area (TPSA) is 78.5 Å². The molecule has 5 heteroatoms. The van der Waals surface area contributed by atoms with Crippen LogP contribution >= 0.6 is 0 Å². The molecule has 20 heavy (non-hydrogen) atoms. The zero-order valence-corrected chi connectivity index (χ0v) is 11.4. The number of hydrogen-bond donors (Lipinski definition) is 3. The molecule has 0 amide bonds. The van der Waals surface area contributed by atoms with Crippen LogP contribution in [0, 0.1) is 0 Å². The summed E-state index contributed by atoms with van der Waals surface area (Å²) in [4.78, 5) is 4.35. The Kier molecular flexibility index (Phi) is 3.50. The number of aromatic nitrogens is 2. The van der Waals surface area contributed by atoms with Crippen LogP contribution in [0.5, 0.6) is 0 Å². The molecule has 1 saturated carbocycles. The molecule has 1 aliphatic carbocycles. The highest BCUT2D eigenvalue weighted by Gasteiger charge is 2.36. The van der Waals surface area contributed by atoms with Gasteiger partial charge in [-0.3, -0.25) is 0 Å². The third-order valence-corrected chi connectivity index (χ3v) is 4.17. The second-order valence-electron chi connectivity index (χ2n) is 5.72. The van der Waals surface area contributed by atoms with E-state index in [-0.39, 0.29) is 6.61 Å². The Labute approximate surface area is 117 Å². The molecule has 0 radical (unpaired) electrons. The van der Waals surface area contributed by atoms with Gasteiger partial charge in [-0.1, -0.05) is 12.1 Å². The Bertz CT molecular complexity index is 604. The maximum Gasteiger partial charge on any atom is 0.135 e. The minimum atomic E-state index is -0.699. The number of benzene rings is 1. The van der Waals surface area contributed by atoms with Crippen molar-refractivity contribution < 1.29 is 15.3 Å². The molecule has 1 aromatic carbocycles. The maximum absolute atomic E-state index is 10.2. The molecule has 5 nitrogen and oxygen atoms in total. The van der Waals surface area contributed by atoms with E-state index in [4.69, 9.17) is 0 Å². The molecule has 108 valence electrons. The van der Waals surface area contributed by atoms with Gasteiger partial charge < -0.3 is 19.9 Å². The van der Waals surface area contributed by atoms with Crippen LogP contribution in [0.3, 0.4) is 0 Å². The summed E-state index contributed by atoms with van der Waals surface area (Å²) >= 11 is 0. The summed E-state index contributed by atoms with van der Waals surface area (Å²) in [6.45, 7) is 0.185. The Balaban J connectivity index is 1.82. The highest BCUT2D eigenvalue weighted by molar-refractivity contribution is 5.75. The van der Waals surface area contributed by atoms with E-state index in [1.165, 1.54) is 0 Å². The fourth-order valence-corrected chi connectivity index (χ4v) is 2.95. The molecule has 0 spiro atoms. The minimum absolute atomic E-state index is 0.161. The van der Waals surface area contributed by atoms with Gasteiger partial charge in [-0.2, -0.15) is 0 Å². The Morgan fingerprint density at radius 1 is 1.30 bits per heavy atom. The molecular weight excluding hydrogens is 256 g/mol. The van der Waals surface area contributed by atoms with Crippen LogP contribution in [-0.2, 0) is 13.2 Å². The predicted molar refractivity (Wildman–Crippen MR) is 75.1 cm³/mol. The van der Waals surface area contributed by atoms with Gasteiger partial charge in [0.05, 0.1) is 29.3 Å². The molecule has 1 fully saturated rings. The van der Waals surface area contributed by atoms with Crippen molar-refractivity contribution in [1.82, 2.24) is 9.55 Å². The number of aliphatic hydroxyl groups is 3. The summed E-state index contributed by atoms with van der Waals surface area (Å²) in [6, 6.07) is 7.62. The van der Waals surface area contributed by atoms with Gasteiger partial charge in [-0.25, -0.2) is 4.98 Å². The van der Waals surface area contributed by atoms with E-state index >= 15 is 0 Å². The number of aliphatic hydroxyl groups excluding tert-OH is 2. The summed E-state index contributed by atoms with van der Waals surface area (Å²) < 4.78 is 1.84. The van der Waals surface area contributed by atoms with E-state index in [1.807, 2.05) is 28.8 Å². The minimum Gasteiger partial charge on any atom is -0.391 e. The Morgan fingerprint density at radius 3 is 2.70 bits per heavy atom. The van der Waals surface area contributed by atoms with Crippen molar-refractivity contribution in [2.75, 3.05) is 0 Å². The van der Waals surface area contributed by atoms with Crippen LogP contribution in [-0.4, -0.2) is 36.6 Å². The summed E-state index contributed by atoms with van der Waals surface area (Å²) in [5.74, 6) is 0.547. The van der Waals surface area contributed by atoms with Gasteiger partial charge in [0.15, 0.2) is 0 Å². The highest BCUT2D eigenvalue weighted by Crippen LogP contribution is 2.36. The lowest BCUT2D eigenvalue weighted by atomic mass is 9.76. The molecule has 3 N–H and O–H groups in total. The zero-order chi connectivity index (χ0) is 14.2. The number of nitrogens with zero attached hydrogens (tertiary/aromatic N) is 2. The number of imidazole rings is 1. The third-order valence-electron chi connectivity index (χ3n) is 4.17. The first-order valence-corrected chi connectivity index (χ1v) is 7.07. The molecule has 2 aromatic rings. The van der Waals surface area contributed by atoms with Crippen LogP contribution in [0.15, 0.2) is 24.3 Å². The van der Waals surface area contributed by atoms with Gasteiger partial charge in [0.25, 0.3) is 0 Å². The van der Waals surface area contributed by atoms with Crippen molar-refractivity contribution in [2.45, 2.75) is 50.5 Å². The molecule has 0 saturated heterocycles. The monoisotopic (exact) mass is 276 g/mol. The molecule has 1 aliphatic rings. The van der Waals surface area contributed by atoms with Crippen molar-refractivity contribution in [3.8, 4) is 0 Å². The van der Waals surface area contributed by atoms with E-state index in [0.29, 0.717) is 18.8 Å². The summed E-state index contributed by atoms with van der Waals surface area (Å²) in [7, 11) is 0. The normalized spacial score (nSPS) is 18.9. The molecule has 0 aliphatic heterocycles. The second kappa shape index (κ2) is 5.16. The molecule has 1 unspecified atom stereocenters. The summed E-state index contributed by atoms with van der Waals surface area (Å²) in [5.41, 5.74) is 1.01. The average Bonchev–Trinajstić information content (AvgIpc) is 2.75. The molecule has 3 rings (SSSR count). The van der Waals surface area contributed by atoms with E-state index in [0.717, 1.165) is 30.3 Å². The van der Waals surface area contributed by atoms with Gasteiger partial charge in [0.1, 0.15) is 12.4 Å². The standard InChI is InChI=1S/C15H20N2O3/c18-10-14-16-12-4-1-2-5-13(12)17(14)9-11(19)8-15(20)6-3-7-15/h1-2,4-5,11,18-20H,3,6-10H2. The van der Waals surface area contributed by atoms with Gasteiger partial charge >= 0.3 is 0 Å². The number of hydrogen-bond acceptors (Lipinski definition) is 4. The lowest BCUT2D eigenvalue weighted by molar-refractivity contribution is -0.0707. The second-order valence-corrected chi connectivity index (χ2v) is 5.72. The van der Waals surface area contributed by atoms with Crippen molar-refractivity contribution in [1.29, 1.82) is 0 Å². The number of rotatable bonds is 5. The summed E-state index contributed by atoms with van der Waals surface area (Å²) in [5, 5.41) is 29.7. The first-order chi connectivity index (χ1) is 9.61. The van der Waals surface area contributed by atoms with Crippen LogP contribution in [0.2, 0.25) is 0 Å². The molecular formula is C15H20N2O3. The van der Waals surface area contributed by atoms with Crippen molar-refractivity contribution in [3.05, 3.63) is 30.1 Å². The van der Waals surface area contributed by atoms with Crippen LogP contribution in [0.1, 0.15) is 31.5 Å². The quantitative estimate of drug-likeness (QED) is 0.766. The third kappa shape index (κ3) is 2.44. The number of fused-ring (bicyclic) bond motifs is 1. The first kappa shape index (κ1) is 13.5. The lowest BCUT2D eigenvalue weighted by Crippen LogP contribution is -2.41. The highest BCUT2D eigenvalue weighted by atomic mass is 16.3. The SMILES string of the molecule is OCc1nc2ccccc2n1CC(O)CC1(O)CCC1. The Morgan fingerprint density at radius 2 is 2.05 bits per heavy atom.